The smallest absolute Gasteiger partial charge is 0.280 e. The molecule has 0 fully saturated rings. The summed E-state index contributed by atoms with van der Waals surface area (Å²) < 4.78 is 4.94. The Hall–Kier alpha value is -1.88. The summed E-state index contributed by atoms with van der Waals surface area (Å²) >= 11 is 0. The van der Waals surface area contributed by atoms with Crippen LogP contribution in [-0.2, 0) is 0 Å². The van der Waals surface area contributed by atoms with Gasteiger partial charge in [0, 0.05) is 0 Å². The lowest BCUT2D eigenvalue weighted by Gasteiger charge is -2.07. The number of nitro groups is 1. The third-order valence-electron chi connectivity index (χ3n) is 2.23. The van der Waals surface area contributed by atoms with E-state index in [1.54, 1.807) is 12.1 Å². The topological polar surface area (TPSA) is 78.4 Å². The Morgan fingerprint density at radius 1 is 1.62 bits per heavy atom. The van der Waals surface area contributed by atoms with Gasteiger partial charge in [0.25, 0.3) is 5.69 Å². The molecule has 2 N–H and O–H groups in total. The Morgan fingerprint density at radius 2 is 2.31 bits per heavy atom. The van der Waals surface area contributed by atoms with Gasteiger partial charge in [-0.15, -0.1) is 0 Å². The van der Waals surface area contributed by atoms with Crippen molar-refractivity contribution in [2.75, 3.05) is 13.7 Å². The molecular weight excluding hydrogens is 208 g/mol. The standard InChI is InChI=1S/C11H14N2O3/c1-8(5-6-12)10-4-3-9(16-2)7-11(10)13(14)15/h3-4,7H,1,5-6,12H2,2H3. The summed E-state index contributed by atoms with van der Waals surface area (Å²) in [5.74, 6) is 0.455. The van der Waals surface area contributed by atoms with E-state index in [-0.39, 0.29) is 5.69 Å². The van der Waals surface area contributed by atoms with Crippen LogP contribution >= 0.6 is 0 Å². The Kier molecular flexibility index (Phi) is 4.02. The lowest BCUT2D eigenvalue weighted by molar-refractivity contribution is -0.385. The quantitative estimate of drug-likeness (QED) is 0.610. The molecule has 5 nitrogen and oxygen atoms in total. The highest BCUT2D eigenvalue weighted by Crippen LogP contribution is 2.30. The third kappa shape index (κ3) is 2.58. The van der Waals surface area contributed by atoms with Crippen LogP contribution in [0.25, 0.3) is 5.57 Å². The second-order valence-electron chi connectivity index (χ2n) is 3.28. The highest BCUT2D eigenvalue weighted by Gasteiger charge is 2.16. The van der Waals surface area contributed by atoms with Gasteiger partial charge in [-0.25, -0.2) is 0 Å². The van der Waals surface area contributed by atoms with Gasteiger partial charge in [-0.05, 0) is 30.7 Å². The molecule has 5 heteroatoms. The second-order valence-corrected chi connectivity index (χ2v) is 3.28. The number of methoxy groups -OCH3 is 1. The van der Waals surface area contributed by atoms with E-state index >= 15 is 0 Å². The van der Waals surface area contributed by atoms with E-state index in [2.05, 4.69) is 6.58 Å². The highest BCUT2D eigenvalue weighted by molar-refractivity contribution is 5.72. The molecule has 16 heavy (non-hydrogen) atoms. The monoisotopic (exact) mass is 222 g/mol. The SMILES string of the molecule is C=C(CCN)c1ccc(OC)cc1[N+](=O)[O-]. The molecule has 0 radical (unpaired) electrons. The lowest BCUT2D eigenvalue weighted by Crippen LogP contribution is -2.01. The zero-order valence-electron chi connectivity index (χ0n) is 9.10. The summed E-state index contributed by atoms with van der Waals surface area (Å²) in [6.45, 7) is 4.21. The largest absolute Gasteiger partial charge is 0.497 e. The molecule has 0 amide bonds. The first kappa shape index (κ1) is 12.2. The molecule has 0 bridgehead atoms. The van der Waals surface area contributed by atoms with Gasteiger partial charge in [-0.2, -0.15) is 0 Å². The number of ether oxygens (including phenoxy) is 1. The Balaban J connectivity index is 3.17. The molecule has 1 aromatic rings. The highest BCUT2D eigenvalue weighted by atomic mass is 16.6. The van der Waals surface area contributed by atoms with E-state index in [1.165, 1.54) is 13.2 Å². The number of benzene rings is 1. The molecule has 0 aliphatic rings. The van der Waals surface area contributed by atoms with Crippen molar-refractivity contribution >= 4 is 11.3 Å². The molecule has 1 aromatic carbocycles. The van der Waals surface area contributed by atoms with Crippen molar-refractivity contribution in [1.82, 2.24) is 0 Å². The van der Waals surface area contributed by atoms with Crippen LogP contribution < -0.4 is 10.5 Å². The van der Waals surface area contributed by atoms with Crippen LogP contribution in [0.3, 0.4) is 0 Å². The van der Waals surface area contributed by atoms with Gasteiger partial charge >= 0.3 is 0 Å². The molecule has 0 unspecified atom stereocenters. The van der Waals surface area contributed by atoms with Crippen molar-refractivity contribution < 1.29 is 9.66 Å². The molecule has 0 saturated carbocycles. The summed E-state index contributed by atoms with van der Waals surface area (Å²) in [7, 11) is 1.47. The van der Waals surface area contributed by atoms with Crippen molar-refractivity contribution in [3.05, 3.63) is 40.5 Å². The predicted octanol–water partition coefficient (Wildman–Crippen LogP) is 1.97. The van der Waals surface area contributed by atoms with Gasteiger partial charge in [0.1, 0.15) is 5.75 Å². The van der Waals surface area contributed by atoms with E-state index in [0.717, 1.165) is 0 Å². The van der Waals surface area contributed by atoms with Crippen molar-refractivity contribution in [2.24, 2.45) is 5.73 Å². The average molecular weight is 222 g/mol. The number of rotatable bonds is 5. The summed E-state index contributed by atoms with van der Waals surface area (Å²) in [6, 6.07) is 4.69. The maximum absolute atomic E-state index is 10.9. The van der Waals surface area contributed by atoms with Crippen LogP contribution in [-0.4, -0.2) is 18.6 Å². The lowest BCUT2D eigenvalue weighted by atomic mass is 10.0. The first-order valence-electron chi connectivity index (χ1n) is 4.80. The van der Waals surface area contributed by atoms with Gasteiger partial charge in [0.05, 0.1) is 23.7 Å². The number of nitro benzene ring substituents is 1. The van der Waals surface area contributed by atoms with Crippen LogP contribution in [0.2, 0.25) is 0 Å². The molecule has 0 heterocycles. The van der Waals surface area contributed by atoms with E-state index in [1.807, 2.05) is 0 Å². The minimum Gasteiger partial charge on any atom is -0.497 e. The van der Waals surface area contributed by atoms with Crippen molar-refractivity contribution in [3.8, 4) is 5.75 Å². The molecule has 0 saturated heterocycles. The molecule has 0 aliphatic carbocycles. The average Bonchev–Trinajstić information content (AvgIpc) is 2.28. The third-order valence-corrected chi connectivity index (χ3v) is 2.23. The van der Waals surface area contributed by atoms with E-state index in [0.29, 0.717) is 29.9 Å². The first-order chi connectivity index (χ1) is 7.60. The zero-order valence-corrected chi connectivity index (χ0v) is 9.10. The molecule has 0 spiro atoms. The van der Waals surface area contributed by atoms with E-state index in [4.69, 9.17) is 10.5 Å². The van der Waals surface area contributed by atoms with E-state index < -0.39 is 4.92 Å². The normalized spacial score (nSPS) is 9.88. The first-order valence-corrected chi connectivity index (χ1v) is 4.80. The summed E-state index contributed by atoms with van der Waals surface area (Å²) in [5.41, 5.74) is 6.57. The van der Waals surface area contributed by atoms with Crippen LogP contribution in [0, 0.1) is 10.1 Å². The Morgan fingerprint density at radius 3 is 2.81 bits per heavy atom. The number of nitrogens with zero attached hydrogens (tertiary/aromatic N) is 1. The maximum Gasteiger partial charge on any atom is 0.280 e. The molecular formula is C11H14N2O3. The fourth-order valence-corrected chi connectivity index (χ4v) is 1.40. The number of hydrogen-bond donors (Lipinski definition) is 1. The number of nitrogens with two attached hydrogens (primary N) is 1. The molecule has 0 atom stereocenters. The van der Waals surface area contributed by atoms with Gasteiger partial charge in [0.2, 0.25) is 0 Å². The van der Waals surface area contributed by atoms with Crippen molar-refractivity contribution in [2.45, 2.75) is 6.42 Å². The summed E-state index contributed by atoms with van der Waals surface area (Å²) in [5, 5.41) is 10.9. The van der Waals surface area contributed by atoms with Crippen molar-refractivity contribution in [3.63, 3.8) is 0 Å². The Bertz CT molecular complexity index is 416. The molecule has 86 valence electrons. The van der Waals surface area contributed by atoms with Crippen LogP contribution in [0.15, 0.2) is 24.8 Å². The van der Waals surface area contributed by atoms with Gasteiger partial charge in [-0.3, -0.25) is 10.1 Å². The molecule has 1 rings (SSSR count). The zero-order chi connectivity index (χ0) is 12.1. The van der Waals surface area contributed by atoms with Gasteiger partial charge in [0.15, 0.2) is 0 Å². The van der Waals surface area contributed by atoms with Gasteiger partial charge in [-0.1, -0.05) is 6.58 Å². The Labute approximate surface area is 93.7 Å². The second kappa shape index (κ2) is 5.27. The molecule has 0 aromatic heterocycles. The predicted molar refractivity (Wildman–Crippen MR) is 62.4 cm³/mol. The maximum atomic E-state index is 10.9. The van der Waals surface area contributed by atoms with Crippen LogP contribution in [0.5, 0.6) is 5.75 Å². The summed E-state index contributed by atoms with van der Waals surface area (Å²) in [6.07, 6.45) is 0.535. The van der Waals surface area contributed by atoms with Gasteiger partial charge < -0.3 is 10.5 Å². The summed E-state index contributed by atoms with van der Waals surface area (Å²) in [4.78, 5) is 10.4. The van der Waals surface area contributed by atoms with E-state index in [9.17, 15) is 10.1 Å². The van der Waals surface area contributed by atoms with Crippen molar-refractivity contribution in [1.29, 1.82) is 0 Å². The van der Waals surface area contributed by atoms with Crippen LogP contribution in [0.4, 0.5) is 5.69 Å². The fraction of sp³-hybridized carbons (Fsp3) is 0.273. The van der Waals surface area contributed by atoms with Crippen LogP contribution in [0.1, 0.15) is 12.0 Å². The molecule has 0 aliphatic heterocycles. The fourth-order valence-electron chi connectivity index (χ4n) is 1.40. The minimum absolute atomic E-state index is 0.00204. The number of hydrogen-bond acceptors (Lipinski definition) is 4. The minimum atomic E-state index is -0.445.